The van der Waals surface area contributed by atoms with Crippen molar-refractivity contribution in [3.05, 3.63) is 23.8 Å². The van der Waals surface area contributed by atoms with Gasteiger partial charge in [-0.1, -0.05) is 6.07 Å². The first-order chi connectivity index (χ1) is 8.94. The van der Waals surface area contributed by atoms with Gasteiger partial charge in [0.05, 0.1) is 17.0 Å². The van der Waals surface area contributed by atoms with Crippen molar-refractivity contribution in [2.45, 2.75) is 37.3 Å². The van der Waals surface area contributed by atoms with E-state index in [1.54, 1.807) is 13.0 Å². The summed E-state index contributed by atoms with van der Waals surface area (Å²) in [4.78, 5) is 0.312. The van der Waals surface area contributed by atoms with Crippen LogP contribution in [0.25, 0.3) is 0 Å². The molecule has 1 saturated heterocycles. The molecule has 0 radical (unpaired) electrons. The first kappa shape index (κ1) is 14.3. The number of nitrogens with one attached hydrogen (secondary N) is 2. The summed E-state index contributed by atoms with van der Waals surface area (Å²) in [6, 6.07) is 5.61. The number of hydrogen-bond donors (Lipinski definition) is 2. The zero-order valence-electron chi connectivity index (χ0n) is 11.4. The summed E-state index contributed by atoms with van der Waals surface area (Å²) < 4.78 is 31.7. The van der Waals surface area contributed by atoms with Crippen molar-refractivity contribution >= 4 is 15.7 Å². The van der Waals surface area contributed by atoms with Crippen molar-refractivity contribution in [2.75, 3.05) is 19.0 Å². The maximum absolute atomic E-state index is 11.9. The van der Waals surface area contributed by atoms with Gasteiger partial charge in [-0.25, -0.2) is 13.1 Å². The molecule has 0 spiro atoms. The second kappa shape index (κ2) is 5.48. The van der Waals surface area contributed by atoms with E-state index in [2.05, 4.69) is 10.0 Å². The maximum atomic E-state index is 11.9. The Kier molecular flexibility index (Phi) is 4.13. The molecule has 0 bridgehead atoms. The molecular weight excluding hydrogens is 264 g/mol. The number of benzene rings is 1. The van der Waals surface area contributed by atoms with Gasteiger partial charge in [0.15, 0.2) is 0 Å². The third kappa shape index (κ3) is 3.08. The lowest BCUT2D eigenvalue weighted by atomic mass is 10.1. The standard InChI is InChI=1S/C13H20N2O3S/c1-9-4-5-11(8-13(9)19(16,17)14-3)15-12-6-7-18-10(12)2/h4-5,8,10,12,14-15H,6-7H2,1-3H3. The third-order valence-corrected chi connectivity index (χ3v) is 5.03. The van der Waals surface area contributed by atoms with Gasteiger partial charge in [-0.15, -0.1) is 0 Å². The van der Waals surface area contributed by atoms with Crippen molar-refractivity contribution < 1.29 is 13.2 Å². The van der Waals surface area contributed by atoms with E-state index in [1.165, 1.54) is 7.05 Å². The highest BCUT2D eigenvalue weighted by Gasteiger charge is 2.24. The van der Waals surface area contributed by atoms with Gasteiger partial charge in [-0.3, -0.25) is 0 Å². The van der Waals surface area contributed by atoms with Crippen LogP contribution in [0.1, 0.15) is 18.9 Å². The highest BCUT2D eigenvalue weighted by Crippen LogP contribution is 2.23. The molecule has 1 aromatic rings. The minimum absolute atomic E-state index is 0.144. The van der Waals surface area contributed by atoms with Crippen molar-refractivity contribution in [3.63, 3.8) is 0 Å². The van der Waals surface area contributed by atoms with E-state index >= 15 is 0 Å². The maximum Gasteiger partial charge on any atom is 0.240 e. The minimum atomic E-state index is -3.42. The van der Waals surface area contributed by atoms with Gasteiger partial charge in [0.2, 0.25) is 10.0 Å². The number of aryl methyl sites for hydroxylation is 1. The van der Waals surface area contributed by atoms with Gasteiger partial charge in [-0.05, 0) is 45.0 Å². The molecule has 1 fully saturated rings. The Bertz CT molecular complexity index is 557. The van der Waals surface area contributed by atoms with Gasteiger partial charge in [0.1, 0.15) is 0 Å². The van der Waals surface area contributed by atoms with Crippen LogP contribution in [-0.2, 0) is 14.8 Å². The van der Waals surface area contributed by atoms with Gasteiger partial charge in [-0.2, -0.15) is 0 Å². The zero-order valence-corrected chi connectivity index (χ0v) is 12.3. The lowest BCUT2D eigenvalue weighted by molar-refractivity contribution is 0.121. The number of anilines is 1. The van der Waals surface area contributed by atoms with Crippen LogP contribution in [0.3, 0.4) is 0 Å². The van der Waals surface area contributed by atoms with E-state index in [9.17, 15) is 8.42 Å². The van der Waals surface area contributed by atoms with Crippen molar-refractivity contribution in [1.82, 2.24) is 4.72 Å². The Morgan fingerprint density at radius 2 is 2.11 bits per heavy atom. The molecule has 1 heterocycles. The number of ether oxygens (including phenoxy) is 1. The predicted octanol–water partition coefficient (Wildman–Crippen LogP) is 1.49. The number of rotatable bonds is 4. The molecule has 1 aliphatic rings. The molecule has 0 amide bonds. The highest BCUT2D eigenvalue weighted by atomic mass is 32.2. The second-order valence-corrected chi connectivity index (χ2v) is 6.66. The van der Waals surface area contributed by atoms with Crippen LogP contribution in [0.15, 0.2) is 23.1 Å². The molecule has 2 rings (SSSR count). The Hall–Kier alpha value is -1.11. The highest BCUT2D eigenvalue weighted by molar-refractivity contribution is 7.89. The van der Waals surface area contributed by atoms with E-state index in [4.69, 9.17) is 4.74 Å². The lowest BCUT2D eigenvalue weighted by Crippen LogP contribution is -2.27. The van der Waals surface area contributed by atoms with E-state index in [-0.39, 0.29) is 12.1 Å². The summed E-state index contributed by atoms with van der Waals surface area (Å²) in [7, 11) is -2.00. The summed E-state index contributed by atoms with van der Waals surface area (Å²) >= 11 is 0. The first-order valence-electron chi connectivity index (χ1n) is 6.36. The average Bonchev–Trinajstić information content (AvgIpc) is 2.77. The molecule has 2 N–H and O–H groups in total. The summed E-state index contributed by atoms with van der Waals surface area (Å²) in [6.45, 7) is 4.55. The van der Waals surface area contributed by atoms with Crippen LogP contribution in [-0.4, -0.2) is 34.2 Å². The smallest absolute Gasteiger partial charge is 0.240 e. The van der Waals surface area contributed by atoms with Crippen molar-refractivity contribution in [2.24, 2.45) is 0 Å². The van der Waals surface area contributed by atoms with Crippen LogP contribution >= 0.6 is 0 Å². The van der Waals surface area contributed by atoms with E-state index < -0.39 is 10.0 Å². The van der Waals surface area contributed by atoms with E-state index in [1.807, 2.05) is 19.1 Å². The molecule has 0 saturated carbocycles. The molecule has 2 unspecified atom stereocenters. The lowest BCUT2D eigenvalue weighted by Gasteiger charge is -2.18. The molecule has 0 aromatic heterocycles. The van der Waals surface area contributed by atoms with Crippen LogP contribution in [0.5, 0.6) is 0 Å². The Balaban J connectivity index is 2.26. The van der Waals surface area contributed by atoms with Crippen LogP contribution in [0.4, 0.5) is 5.69 Å². The Morgan fingerprint density at radius 3 is 2.68 bits per heavy atom. The van der Waals surface area contributed by atoms with Crippen LogP contribution < -0.4 is 10.0 Å². The molecule has 1 aromatic carbocycles. The summed E-state index contributed by atoms with van der Waals surface area (Å²) in [5.41, 5.74) is 1.54. The quantitative estimate of drug-likeness (QED) is 0.879. The molecular formula is C13H20N2O3S. The Morgan fingerprint density at radius 1 is 1.37 bits per heavy atom. The number of sulfonamides is 1. The average molecular weight is 284 g/mol. The normalized spacial score (nSPS) is 23.5. The molecule has 106 valence electrons. The van der Waals surface area contributed by atoms with Gasteiger partial charge >= 0.3 is 0 Å². The van der Waals surface area contributed by atoms with Gasteiger partial charge in [0, 0.05) is 12.3 Å². The van der Waals surface area contributed by atoms with Crippen LogP contribution in [0.2, 0.25) is 0 Å². The topological polar surface area (TPSA) is 67.4 Å². The van der Waals surface area contributed by atoms with Crippen LogP contribution in [0, 0.1) is 6.92 Å². The van der Waals surface area contributed by atoms with E-state index in [0.29, 0.717) is 4.90 Å². The monoisotopic (exact) mass is 284 g/mol. The molecule has 5 nitrogen and oxygen atoms in total. The molecule has 1 aliphatic heterocycles. The first-order valence-corrected chi connectivity index (χ1v) is 7.84. The largest absolute Gasteiger partial charge is 0.380 e. The van der Waals surface area contributed by atoms with Crippen molar-refractivity contribution in [3.8, 4) is 0 Å². The van der Waals surface area contributed by atoms with Gasteiger partial charge < -0.3 is 10.1 Å². The molecule has 6 heteroatoms. The Labute approximate surface area is 114 Å². The molecule has 2 atom stereocenters. The summed E-state index contributed by atoms with van der Waals surface area (Å²) in [6.07, 6.45) is 1.08. The molecule has 0 aliphatic carbocycles. The fourth-order valence-corrected chi connectivity index (χ4v) is 3.22. The fourth-order valence-electron chi connectivity index (χ4n) is 2.22. The predicted molar refractivity (Wildman–Crippen MR) is 74.9 cm³/mol. The minimum Gasteiger partial charge on any atom is -0.380 e. The zero-order chi connectivity index (χ0) is 14.0. The summed E-state index contributed by atoms with van der Waals surface area (Å²) in [5, 5.41) is 3.34. The SMILES string of the molecule is CNS(=O)(=O)c1cc(NC2CCOC2C)ccc1C. The summed E-state index contributed by atoms with van der Waals surface area (Å²) in [5.74, 6) is 0. The molecule has 19 heavy (non-hydrogen) atoms. The van der Waals surface area contributed by atoms with E-state index in [0.717, 1.165) is 24.3 Å². The van der Waals surface area contributed by atoms with Crippen molar-refractivity contribution in [1.29, 1.82) is 0 Å². The number of hydrogen-bond acceptors (Lipinski definition) is 4. The second-order valence-electron chi connectivity index (χ2n) is 4.80. The van der Waals surface area contributed by atoms with Gasteiger partial charge in [0.25, 0.3) is 0 Å². The third-order valence-electron chi connectivity index (χ3n) is 3.47. The fraction of sp³-hybridized carbons (Fsp3) is 0.538.